The topological polar surface area (TPSA) is 34.9 Å². The van der Waals surface area contributed by atoms with Crippen molar-refractivity contribution in [1.82, 2.24) is 9.55 Å². The number of benzene rings is 1. The first kappa shape index (κ1) is 10.9. The van der Waals surface area contributed by atoms with Gasteiger partial charge in [-0.05, 0) is 18.6 Å². The minimum Gasteiger partial charge on any atom is -0.308 e. The Balaban J connectivity index is 2.79. The van der Waals surface area contributed by atoms with Gasteiger partial charge in [-0.2, -0.15) is 0 Å². The summed E-state index contributed by atoms with van der Waals surface area (Å²) in [5.74, 6) is 0.211. The van der Waals surface area contributed by atoms with Gasteiger partial charge in [0.25, 0.3) is 5.56 Å². The van der Waals surface area contributed by atoms with E-state index in [1.165, 1.54) is 0 Å². The molecule has 2 aromatic rings. The van der Waals surface area contributed by atoms with Crippen LogP contribution in [0.4, 0.5) is 0 Å². The predicted molar refractivity (Wildman–Crippen MR) is 65.7 cm³/mol. The molecule has 16 heavy (non-hydrogen) atoms. The second-order valence-corrected chi connectivity index (χ2v) is 4.16. The summed E-state index contributed by atoms with van der Waals surface area (Å²) in [6.45, 7) is 4.11. The minimum atomic E-state index is 0.0213. The third-order valence-corrected chi connectivity index (χ3v) is 3.09. The monoisotopic (exact) mass is 216 g/mol. The second kappa shape index (κ2) is 4.08. The molecule has 0 fully saturated rings. The molecule has 1 aromatic carbocycles. The van der Waals surface area contributed by atoms with E-state index >= 15 is 0 Å². The van der Waals surface area contributed by atoms with Crippen molar-refractivity contribution >= 4 is 11.0 Å². The molecule has 0 spiro atoms. The van der Waals surface area contributed by atoms with Crippen molar-refractivity contribution in [3.63, 3.8) is 0 Å². The molecule has 0 bridgehead atoms. The third kappa shape index (κ3) is 1.62. The molecule has 2 rings (SSSR count). The van der Waals surface area contributed by atoms with Crippen LogP contribution in [0.5, 0.6) is 0 Å². The molecule has 0 radical (unpaired) electrons. The molecule has 84 valence electrons. The number of aryl methyl sites for hydroxylation is 1. The first-order chi connectivity index (χ1) is 7.65. The molecule has 0 amide bonds. The highest BCUT2D eigenvalue weighted by atomic mass is 16.1. The third-order valence-electron chi connectivity index (χ3n) is 3.09. The average Bonchev–Trinajstić information content (AvgIpc) is 2.33. The Bertz CT molecular complexity index is 572. The molecule has 3 nitrogen and oxygen atoms in total. The van der Waals surface area contributed by atoms with Crippen molar-refractivity contribution in [2.24, 2.45) is 7.05 Å². The molecule has 1 aromatic heterocycles. The van der Waals surface area contributed by atoms with E-state index in [-0.39, 0.29) is 11.5 Å². The summed E-state index contributed by atoms with van der Waals surface area (Å²) in [6, 6.07) is 7.73. The summed E-state index contributed by atoms with van der Waals surface area (Å²) in [6.07, 6.45) is 0.931. The molecular weight excluding hydrogens is 200 g/mol. The lowest BCUT2D eigenvalue weighted by atomic mass is 10.1. The summed E-state index contributed by atoms with van der Waals surface area (Å²) in [7, 11) is 1.80. The van der Waals surface area contributed by atoms with Crippen LogP contribution >= 0.6 is 0 Å². The lowest BCUT2D eigenvalue weighted by molar-refractivity contribution is 0.683. The van der Waals surface area contributed by atoms with Crippen molar-refractivity contribution in [1.29, 1.82) is 0 Å². The lowest BCUT2D eigenvalue weighted by Gasteiger charge is -2.11. The van der Waals surface area contributed by atoms with Crippen LogP contribution in [-0.2, 0) is 7.05 Å². The standard InChI is InChI=1S/C13H16N2O/c1-4-9(2)12-13(16)15(3)11-8-6-5-7-10(11)14-12/h5-9H,4H2,1-3H3. The Morgan fingerprint density at radius 1 is 1.38 bits per heavy atom. The number of aromatic nitrogens is 2. The Morgan fingerprint density at radius 2 is 2.06 bits per heavy atom. The summed E-state index contributed by atoms with van der Waals surface area (Å²) in [5.41, 5.74) is 2.47. The average molecular weight is 216 g/mol. The number of nitrogens with zero attached hydrogens (tertiary/aromatic N) is 2. The van der Waals surface area contributed by atoms with Gasteiger partial charge in [0, 0.05) is 13.0 Å². The molecule has 0 N–H and O–H groups in total. The van der Waals surface area contributed by atoms with E-state index in [0.29, 0.717) is 5.69 Å². The Hall–Kier alpha value is -1.64. The van der Waals surface area contributed by atoms with Gasteiger partial charge in [-0.1, -0.05) is 26.0 Å². The number of hydrogen-bond donors (Lipinski definition) is 0. The largest absolute Gasteiger partial charge is 0.308 e. The fraction of sp³-hybridized carbons (Fsp3) is 0.385. The molecule has 0 saturated heterocycles. The van der Waals surface area contributed by atoms with E-state index in [2.05, 4.69) is 11.9 Å². The number of para-hydroxylation sites is 2. The van der Waals surface area contributed by atoms with Crippen LogP contribution in [0, 0.1) is 0 Å². The summed E-state index contributed by atoms with van der Waals surface area (Å²) < 4.78 is 1.68. The maximum absolute atomic E-state index is 12.1. The van der Waals surface area contributed by atoms with E-state index in [0.717, 1.165) is 17.5 Å². The first-order valence-corrected chi connectivity index (χ1v) is 5.60. The quantitative estimate of drug-likeness (QED) is 0.772. The van der Waals surface area contributed by atoms with Crippen LogP contribution in [0.25, 0.3) is 11.0 Å². The van der Waals surface area contributed by atoms with Gasteiger partial charge in [-0.3, -0.25) is 4.79 Å². The molecule has 0 aliphatic heterocycles. The Labute approximate surface area is 94.7 Å². The highest BCUT2D eigenvalue weighted by molar-refractivity contribution is 5.74. The SMILES string of the molecule is CCC(C)c1nc2ccccc2n(C)c1=O. The highest BCUT2D eigenvalue weighted by Crippen LogP contribution is 2.16. The number of rotatable bonds is 2. The van der Waals surface area contributed by atoms with Crippen molar-refractivity contribution in [2.75, 3.05) is 0 Å². The van der Waals surface area contributed by atoms with Gasteiger partial charge in [0.05, 0.1) is 11.0 Å². The predicted octanol–water partition coefficient (Wildman–Crippen LogP) is 2.45. The zero-order valence-corrected chi connectivity index (χ0v) is 9.90. The number of hydrogen-bond acceptors (Lipinski definition) is 2. The first-order valence-electron chi connectivity index (χ1n) is 5.60. The van der Waals surface area contributed by atoms with Crippen molar-refractivity contribution in [2.45, 2.75) is 26.2 Å². The van der Waals surface area contributed by atoms with Crippen LogP contribution in [0.3, 0.4) is 0 Å². The maximum Gasteiger partial charge on any atom is 0.272 e. The smallest absolute Gasteiger partial charge is 0.272 e. The zero-order valence-electron chi connectivity index (χ0n) is 9.90. The maximum atomic E-state index is 12.1. The minimum absolute atomic E-state index is 0.0213. The van der Waals surface area contributed by atoms with Crippen LogP contribution < -0.4 is 5.56 Å². The molecule has 0 aliphatic rings. The Morgan fingerprint density at radius 3 is 2.75 bits per heavy atom. The zero-order chi connectivity index (χ0) is 11.7. The molecular formula is C13H16N2O. The lowest BCUT2D eigenvalue weighted by Crippen LogP contribution is -2.24. The van der Waals surface area contributed by atoms with Gasteiger partial charge in [0.1, 0.15) is 5.69 Å². The van der Waals surface area contributed by atoms with E-state index < -0.39 is 0 Å². The normalized spacial score (nSPS) is 12.9. The van der Waals surface area contributed by atoms with Crippen LogP contribution in [0.1, 0.15) is 31.9 Å². The molecule has 1 heterocycles. The summed E-state index contributed by atoms with van der Waals surface area (Å²) in [4.78, 5) is 16.6. The summed E-state index contributed by atoms with van der Waals surface area (Å²) in [5, 5.41) is 0. The van der Waals surface area contributed by atoms with E-state index in [1.807, 2.05) is 31.2 Å². The number of fused-ring (bicyclic) bond motifs is 1. The van der Waals surface area contributed by atoms with E-state index in [9.17, 15) is 4.79 Å². The molecule has 0 aliphatic carbocycles. The fourth-order valence-electron chi connectivity index (χ4n) is 1.82. The molecule has 0 saturated carbocycles. The van der Waals surface area contributed by atoms with E-state index in [4.69, 9.17) is 0 Å². The fourth-order valence-corrected chi connectivity index (χ4v) is 1.82. The van der Waals surface area contributed by atoms with Gasteiger partial charge in [-0.15, -0.1) is 0 Å². The van der Waals surface area contributed by atoms with Crippen LogP contribution in [0.15, 0.2) is 29.1 Å². The summed E-state index contributed by atoms with van der Waals surface area (Å²) >= 11 is 0. The van der Waals surface area contributed by atoms with Crippen molar-refractivity contribution in [3.05, 3.63) is 40.3 Å². The highest BCUT2D eigenvalue weighted by Gasteiger charge is 2.12. The van der Waals surface area contributed by atoms with Gasteiger partial charge in [-0.25, -0.2) is 4.98 Å². The van der Waals surface area contributed by atoms with Gasteiger partial charge in [0.2, 0.25) is 0 Å². The Kier molecular flexibility index (Phi) is 2.77. The van der Waals surface area contributed by atoms with E-state index in [1.54, 1.807) is 11.6 Å². The van der Waals surface area contributed by atoms with Gasteiger partial charge >= 0.3 is 0 Å². The van der Waals surface area contributed by atoms with Gasteiger partial charge in [0.15, 0.2) is 0 Å². The molecule has 1 atom stereocenters. The van der Waals surface area contributed by atoms with Crippen molar-refractivity contribution < 1.29 is 0 Å². The molecule has 3 heteroatoms. The van der Waals surface area contributed by atoms with Crippen molar-refractivity contribution in [3.8, 4) is 0 Å². The molecule has 1 unspecified atom stereocenters. The van der Waals surface area contributed by atoms with Crippen LogP contribution in [0.2, 0.25) is 0 Å². The van der Waals surface area contributed by atoms with Crippen LogP contribution in [-0.4, -0.2) is 9.55 Å². The van der Waals surface area contributed by atoms with Gasteiger partial charge < -0.3 is 4.57 Å². The second-order valence-electron chi connectivity index (χ2n) is 4.16.